The van der Waals surface area contributed by atoms with Gasteiger partial charge < -0.3 is 14.8 Å². The Labute approximate surface area is 149 Å². The van der Waals surface area contributed by atoms with Gasteiger partial charge in [0.25, 0.3) is 5.91 Å². The van der Waals surface area contributed by atoms with E-state index in [1.54, 1.807) is 20.3 Å². The number of anilines is 1. The van der Waals surface area contributed by atoms with E-state index in [9.17, 15) is 4.79 Å². The predicted octanol–water partition coefficient (Wildman–Crippen LogP) is 5.13. The smallest absolute Gasteiger partial charge is 0.267 e. The number of benzene rings is 2. The van der Waals surface area contributed by atoms with Gasteiger partial charge in [-0.2, -0.15) is 0 Å². The van der Waals surface area contributed by atoms with Gasteiger partial charge in [0.15, 0.2) is 0 Å². The van der Waals surface area contributed by atoms with E-state index in [1.807, 2.05) is 37.3 Å². The third kappa shape index (κ3) is 2.92. The summed E-state index contributed by atoms with van der Waals surface area (Å²) in [5.74, 6) is 1.06. The first-order chi connectivity index (χ1) is 11.5. The molecule has 0 radical (unpaired) electrons. The number of carbonyl (C=O) groups is 1. The van der Waals surface area contributed by atoms with Crippen LogP contribution in [0.4, 0.5) is 5.69 Å². The zero-order chi connectivity index (χ0) is 17.3. The number of para-hydroxylation sites is 1. The van der Waals surface area contributed by atoms with Gasteiger partial charge in [-0.15, -0.1) is 11.3 Å². The van der Waals surface area contributed by atoms with Crippen molar-refractivity contribution in [3.05, 3.63) is 51.9 Å². The predicted molar refractivity (Wildman–Crippen MR) is 99.1 cm³/mol. The molecule has 24 heavy (non-hydrogen) atoms. The normalized spacial score (nSPS) is 10.7. The summed E-state index contributed by atoms with van der Waals surface area (Å²) in [6.45, 7) is 1.91. The maximum Gasteiger partial charge on any atom is 0.267 e. The van der Waals surface area contributed by atoms with Gasteiger partial charge in [-0.3, -0.25) is 4.79 Å². The van der Waals surface area contributed by atoms with Crippen LogP contribution in [-0.4, -0.2) is 20.1 Å². The third-order valence-corrected chi connectivity index (χ3v) is 5.41. The number of thiophene rings is 1. The van der Waals surface area contributed by atoms with Crippen molar-refractivity contribution in [2.45, 2.75) is 6.92 Å². The Kier molecular flexibility index (Phi) is 4.64. The number of carbonyl (C=O) groups excluding carboxylic acids is 1. The Balaban J connectivity index is 1.99. The molecule has 0 spiro atoms. The molecule has 2 aromatic carbocycles. The fourth-order valence-electron chi connectivity index (χ4n) is 2.46. The molecule has 3 aromatic rings. The summed E-state index contributed by atoms with van der Waals surface area (Å²) >= 11 is 7.77. The lowest BCUT2D eigenvalue weighted by atomic mass is 10.2. The SMILES string of the molecule is COc1ccc2sc(C(=O)Nc3c(C)cccc3OC)c(Cl)c2c1. The van der Waals surface area contributed by atoms with Crippen LogP contribution in [0.2, 0.25) is 5.02 Å². The molecule has 0 aliphatic carbocycles. The van der Waals surface area contributed by atoms with Crippen LogP contribution in [0.3, 0.4) is 0 Å². The maximum absolute atomic E-state index is 12.7. The third-order valence-electron chi connectivity index (χ3n) is 3.73. The van der Waals surface area contributed by atoms with Gasteiger partial charge in [0.2, 0.25) is 0 Å². The lowest BCUT2D eigenvalue weighted by Gasteiger charge is -2.12. The summed E-state index contributed by atoms with van der Waals surface area (Å²) in [6, 6.07) is 11.2. The van der Waals surface area contributed by atoms with E-state index in [0.717, 1.165) is 15.6 Å². The molecule has 0 unspecified atom stereocenters. The van der Waals surface area contributed by atoms with Crippen molar-refractivity contribution in [1.82, 2.24) is 0 Å². The van der Waals surface area contributed by atoms with Gasteiger partial charge in [-0.05, 0) is 36.8 Å². The van der Waals surface area contributed by atoms with Crippen LogP contribution >= 0.6 is 22.9 Å². The molecule has 124 valence electrons. The Morgan fingerprint density at radius 2 is 1.96 bits per heavy atom. The van der Waals surface area contributed by atoms with Crippen molar-refractivity contribution < 1.29 is 14.3 Å². The molecule has 3 rings (SSSR count). The molecule has 0 atom stereocenters. The number of aryl methyl sites for hydroxylation is 1. The van der Waals surface area contributed by atoms with Crippen molar-refractivity contribution in [3.8, 4) is 11.5 Å². The average Bonchev–Trinajstić information content (AvgIpc) is 2.93. The number of ether oxygens (including phenoxy) is 2. The van der Waals surface area contributed by atoms with Crippen LogP contribution in [0.25, 0.3) is 10.1 Å². The van der Waals surface area contributed by atoms with E-state index in [-0.39, 0.29) is 5.91 Å². The number of hydrogen-bond acceptors (Lipinski definition) is 4. The van der Waals surface area contributed by atoms with E-state index in [1.165, 1.54) is 11.3 Å². The minimum atomic E-state index is -0.257. The molecule has 0 saturated carbocycles. The first kappa shape index (κ1) is 16.6. The fourth-order valence-corrected chi connectivity index (χ4v) is 3.85. The molecular formula is C18H16ClNO3S. The Bertz CT molecular complexity index is 920. The molecule has 1 N–H and O–H groups in total. The summed E-state index contributed by atoms with van der Waals surface area (Å²) in [5, 5.41) is 4.15. The molecule has 4 nitrogen and oxygen atoms in total. The number of nitrogens with one attached hydrogen (secondary N) is 1. The van der Waals surface area contributed by atoms with Crippen molar-refractivity contribution in [2.24, 2.45) is 0 Å². The molecule has 1 aromatic heterocycles. The number of hydrogen-bond donors (Lipinski definition) is 1. The summed E-state index contributed by atoms with van der Waals surface area (Å²) in [4.78, 5) is 13.2. The van der Waals surface area contributed by atoms with Crippen LogP contribution in [-0.2, 0) is 0 Å². The van der Waals surface area contributed by atoms with Crippen molar-refractivity contribution in [3.63, 3.8) is 0 Å². The highest BCUT2D eigenvalue weighted by atomic mass is 35.5. The Hall–Kier alpha value is -2.24. The van der Waals surface area contributed by atoms with E-state index in [0.29, 0.717) is 27.1 Å². The minimum Gasteiger partial charge on any atom is -0.497 e. The number of amides is 1. The molecule has 0 aliphatic rings. The lowest BCUT2D eigenvalue weighted by molar-refractivity contribution is 0.103. The summed E-state index contributed by atoms with van der Waals surface area (Å²) in [5.41, 5.74) is 1.57. The van der Waals surface area contributed by atoms with Crippen LogP contribution < -0.4 is 14.8 Å². The molecule has 6 heteroatoms. The van der Waals surface area contributed by atoms with Gasteiger partial charge >= 0.3 is 0 Å². The van der Waals surface area contributed by atoms with Crippen molar-refractivity contribution >= 4 is 44.6 Å². The van der Waals surface area contributed by atoms with Crippen LogP contribution in [0.15, 0.2) is 36.4 Å². The van der Waals surface area contributed by atoms with Gasteiger partial charge in [-0.1, -0.05) is 23.7 Å². The standard InChI is InChI=1S/C18H16ClNO3S/c1-10-5-4-6-13(23-3)16(10)20-18(21)17-15(19)12-9-11(22-2)7-8-14(12)24-17/h4-9H,1-3H3,(H,20,21). The summed E-state index contributed by atoms with van der Waals surface area (Å²) in [7, 11) is 3.17. The zero-order valence-corrected chi connectivity index (χ0v) is 15.0. The second-order valence-corrected chi connectivity index (χ2v) is 6.64. The topological polar surface area (TPSA) is 47.6 Å². The summed E-state index contributed by atoms with van der Waals surface area (Å²) in [6.07, 6.45) is 0. The summed E-state index contributed by atoms with van der Waals surface area (Å²) < 4.78 is 11.5. The lowest BCUT2D eigenvalue weighted by Crippen LogP contribution is -2.12. The number of halogens is 1. The average molecular weight is 362 g/mol. The monoisotopic (exact) mass is 361 g/mol. The highest BCUT2D eigenvalue weighted by Crippen LogP contribution is 2.38. The van der Waals surface area contributed by atoms with Gasteiger partial charge in [0.1, 0.15) is 16.4 Å². The zero-order valence-electron chi connectivity index (χ0n) is 13.5. The first-order valence-electron chi connectivity index (χ1n) is 7.26. The van der Waals surface area contributed by atoms with Gasteiger partial charge in [-0.25, -0.2) is 0 Å². The minimum absolute atomic E-state index is 0.257. The van der Waals surface area contributed by atoms with Gasteiger partial charge in [0.05, 0.1) is 24.9 Å². The van der Waals surface area contributed by atoms with E-state index in [4.69, 9.17) is 21.1 Å². The fraction of sp³-hybridized carbons (Fsp3) is 0.167. The highest BCUT2D eigenvalue weighted by molar-refractivity contribution is 7.21. The maximum atomic E-state index is 12.7. The van der Waals surface area contributed by atoms with Crippen LogP contribution in [0.5, 0.6) is 11.5 Å². The molecule has 0 aliphatic heterocycles. The second kappa shape index (κ2) is 6.71. The number of rotatable bonds is 4. The van der Waals surface area contributed by atoms with Crippen molar-refractivity contribution in [1.29, 1.82) is 0 Å². The quantitative estimate of drug-likeness (QED) is 0.700. The molecule has 0 fully saturated rings. The molecule has 1 heterocycles. The number of fused-ring (bicyclic) bond motifs is 1. The molecule has 0 saturated heterocycles. The first-order valence-corrected chi connectivity index (χ1v) is 8.45. The highest BCUT2D eigenvalue weighted by Gasteiger charge is 2.19. The van der Waals surface area contributed by atoms with E-state index >= 15 is 0 Å². The Morgan fingerprint density at radius 3 is 2.67 bits per heavy atom. The van der Waals surface area contributed by atoms with Crippen LogP contribution in [0.1, 0.15) is 15.2 Å². The Morgan fingerprint density at radius 1 is 1.17 bits per heavy atom. The van der Waals surface area contributed by atoms with Gasteiger partial charge in [0, 0.05) is 10.1 Å². The second-order valence-electron chi connectivity index (χ2n) is 5.21. The largest absolute Gasteiger partial charge is 0.497 e. The van der Waals surface area contributed by atoms with E-state index < -0.39 is 0 Å². The van der Waals surface area contributed by atoms with E-state index in [2.05, 4.69) is 5.32 Å². The molecule has 0 bridgehead atoms. The van der Waals surface area contributed by atoms with Crippen molar-refractivity contribution in [2.75, 3.05) is 19.5 Å². The van der Waals surface area contributed by atoms with Crippen LogP contribution in [0, 0.1) is 6.92 Å². The molecular weight excluding hydrogens is 346 g/mol. The number of methoxy groups -OCH3 is 2. The molecule has 1 amide bonds.